The third-order valence-corrected chi connectivity index (χ3v) is 4.33. The monoisotopic (exact) mass is 349 g/mol. The van der Waals surface area contributed by atoms with Crippen molar-refractivity contribution in [1.29, 1.82) is 0 Å². The molecule has 0 unspecified atom stereocenters. The van der Waals surface area contributed by atoms with Gasteiger partial charge in [0.05, 0.1) is 20.8 Å². The lowest BCUT2D eigenvalue weighted by Crippen LogP contribution is -2.40. The van der Waals surface area contributed by atoms with Crippen molar-refractivity contribution in [3.8, 4) is 11.5 Å². The molecule has 2 N–H and O–H groups in total. The maximum absolute atomic E-state index is 12.2. The number of nitrogens with one attached hydrogen (secondary N) is 2. The number of nitrogens with zero attached hydrogens (tertiary/aromatic N) is 1. The fraction of sp³-hybridized carbons (Fsp3) is 0.556. The molecule has 7 heteroatoms. The van der Waals surface area contributed by atoms with Crippen molar-refractivity contribution in [2.24, 2.45) is 0 Å². The van der Waals surface area contributed by atoms with Gasteiger partial charge in [-0.25, -0.2) is 0 Å². The van der Waals surface area contributed by atoms with Crippen molar-refractivity contribution in [2.75, 3.05) is 40.4 Å². The molecule has 0 radical (unpaired) electrons. The van der Waals surface area contributed by atoms with Crippen molar-refractivity contribution in [3.05, 3.63) is 23.8 Å². The van der Waals surface area contributed by atoms with E-state index in [0.717, 1.165) is 36.4 Å². The van der Waals surface area contributed by atoms with Crippen LogP contribution in [0.3, 0.4) is 0 Å². The lowest BCUT2D eigenvalue weighted by atomic mass is 10.0. The topological polar surface area (TPSA) is 79.9 Å². The summed E-state index contributed by atoms with van der Waals surface area (Å²) < 4.78 is 10.8. The van der Waals surface area contributed by atoms with Gasteiger partial charge < -0.3 is 20.1 Å². The average Bonchev–Trinajstić information content (AvgIpc) is 3.05. The van der Waals surface area contributed by atoms with E-state index in [1.54, 1.807) is 14.2 Å². The molecule has 25 heavy (non-hydrogen) atoms. The number of hydrogen-bond donors (Lipinski definition) is 2. The van der Waals surface area contributed by atoms with Crippen molar-refractivity contribution in [1.82, 2.24) is 15.5 Å². The van der Waals surface area contributed by atoms with E-state index in [1.165, 1.54) is 6.92 Å². The third kappa shape index (κ3) is 5.35. The highest BCUT2D eigenvalue weighted by Gasteiger charge is 2.29. The Labute approximate surface area is 148 Å². The van der Waals surface area contributed by atoms with Gasteiger partial charge in [0, 0.05) is 37.7 Å². The van der Waals surface area contributed by atoms with Gasteiger partial charge >= 0.3 is 0 Å². The molecular formula is C18H27N3O4. The van der Waals surface area contributed by atoms with Gasteiger partial charge in [-0.15, -0.1) is 0 Å². The zero-order chi connectivity index (χ0) is 18.2. The number of ether oxygens (including phenoxy) is 2. The Bertz CT molecular complexity index is 606. The Balaban J connectivity index is 1.96. The van der Waals surface area contributed by atoms with Crippen molar-refractivity contribution in [3.63, 3.8) is 0 Å². The maximum Gasteiger partial charge on any atom is 0.234 e. The van der Waals surface area contributed by atoms with Crippen molar-refractivity contribution >= 4 is 11.8 Å². The average molecular weight is 349 g/mol. The molecule has 0 bridgehead atoms. The van der Waals surface area contributed by atoms with Crippen LogP contribution < -0.4 is 20.1 Å². The molecule has 138 valence electrons. The molecule has 1 aromatic rings. The highest BCUT2D eigenvalue weighted by Crippen LogP contribution is 2.38. The molecule has 1 saturated heterocycles. The van der Waals surface area contributed by atoms with Gasteiger partial charge in [0.25, 0.3) is 0 Å². The summed E-state index contributed by atoms with van der Waals surface area (Å²) in [6.45, 7) is 3.54. The zero-order valence-corrected chi connectivity index (χ0v) is 15.1. The van der Waals surface area contributed by atoms with Crippen LogP contribution in [0.2, 0.25) is 0 Å². The fourth-order valence-corrected chi connectivity index (χ4v) is 3.14. The second kappa shape index (κ2) is 9.27. The minimum Gasteiger partial charge on any atom is -0.497 e. The Morgan fingerprint density at radius 3 is 2.64 bits per heavy atom. The first kappa shape index (κ1) is 19.1. The van der Waals surface area contributed by atoms with E-state index in [4.69, 9.17) is 9.47 Å². The van der Waals surface area contributed by atoms with E-state index >= 15 is 0 Å². The van der Waals surface area contributed by atoms with Crippen LogP contribution in [-0.2, 0) is 9.59 Å². The van der Waals surface area contributed by atoms with Gasteiger partial charge in [0.1, 0.15) is 11.5 Å². The molecule has 0 saturated carbocycles. The number of rotatable bonds is 8. The number of methoxy groups -OCH3 is 2. The van der Waals surface area contributed by atoms with E-state index in [9.17, 15) is 9.59 Å². The second-order valence-corrected chi connectivity index (χ2v) is 6.07. The smallest absolute Gasteiger partial charge is 0.234 e. The lowest BCUT2D eigenvalue weighted by molar-refractivity contribution is -0.123. The van der Waals surface area contributed by atoms with E-state index in [-0.39, 0.29) is 17.9 Å². The normalized spacial score (nSPS) is 17.2. The van der Waals surface area contributed by atoms with Crippen molar-refractivity contribution in [2.45, 2.75) is 25.8 Å². The first-order valence-electron chi connectivity index (χ1n) is 8.52. The highest BCUT2D eigenvalue weighted by molar-refractivity contribution is 5.78. The van der Waals surface area contributed by atoms with Crippen LogP contribution in [0.1, 0.15) is 31.4 Å². The first-order valence-corrected chi connectivity index (χ1v) is 8.52. The molecule has 7 nitrogen and oxygen atoms in total. The molecule has 1 heterocycles. The minimum atomic E-state index is -0.0968. The minimum absolute atomic E-state index is 0.0373. The molecule has 1 aromatic carbocycles. The predicted molar refractivity (Wildman–Crippen MR) is 94.8 cm³/mol. The molecule has 2 rings (SSSR count). The molecule has 0 aliphatic carbocycles. The summed E-state index contributed by atoms with van der Waals surface area (Å²) in [5.41, 5.74) is 1.08. The Hall–Kier alpha value is -2.28. The Kier molecular flexibility index (Phi) is 7.06. The predicted octanol–water partition coefficient (Wildman–Crippen LogP) is 1.09. The van der Waals surface area contributed by atoms with Crippen LogP contribution in [0.5, 0.6) is 11.5 Å². The zero-order valence-electron chi connectivity index (χ0n) is 15.1. The van der Waals surface area contributed by atoms with E-state index in [2.05, 4.69) is 15.5 Å². The summed E-state index contributed by atoms with van der Waals surface area (Å²) in [5.74, 6) is 1.40. The van der Waals surface area contributed by atoms with Gasteiger partial charge in [-0.3, -0.25) is 14.5 Å². The van der Waals surface area contributed by atoms with Crippen LogP contribution in [-0.4, -0.2) is 57.1 Å². The molecular weight excluding hydrogens is 322 g/mol. The molecule has 1 fully saturated rings. The first-order chi connectivity index (χ1) is 12.0. The lowest BCUT2D eigenvalue weighted by Gasteiger charge is -2.25. The molecule has 1 aliphatic rings. The number of benzene rings is 1. The molecule has 2 amide bonds. The van der Waals surface area contributed by atoms with Crippen LogP contribution in [0.25, 0.3) is 0 Å². The number of carbonyl (C=O) groups is 2. The van der Waals surface area contributed by atoms with Crippen LogP contribution in [0.4, 0.5) is 0 Å². The highest BCUT2D eigenvalue weighted by atomic mass is 16.5. The van der Waals surface area contributed by atoms with E-state index in [0.29, 0.717) is 19.6 Å². The molecule has 1 aliphatic heterocycles. The summed E-state index contributed by atoms with van der Waals surface area (Å²) in [6, 6.07) is 5.96. The maximum atomic E-state index is 12.2. The molecule has 0 spiro atoms. The van der Waals surface area contributed by atoms with Gasteiger partial charge in [0.15, 0.2) is 0 Å². The van der Waals surface area contributed by atoms with Crippen LogP contribution in [0, 0.1) is 0 Å². The van der Waals surface area contributed by atoms with Gasteiger partial charge in [-0.2, -0.15) is 0 Å². The van der Waals surface area contributed by atoms with Crippen molar-refractivity contribution < 1.29 is 19.1 Å². The van der Waals surface area contributed by atoms with E-state index < -0.39 is 0 Å². The molecule has 0 aromatic heterocycles. The summed E-state index contributed by atoms with van der Waals surface area (Å²) in [7, 11) is 3.27. The summed E-state index contributed by atoms with van der Waals surface area (Å²) in [5, 5.41) is 5.50. The van der Waals surface area contributed by atoms with E-state index in [1.807, 2.05) is 18.2 Å². The van der Waals surface area contributed by atoms with Gasteiger partial charge in [0.2, 0.25) is 11.8 Å². The van der Waals surface area contributed by atoms with Crippen LogP contribution in [0.15, 0.2) is 18.2 Å². The van der Waals surface area contributed by atoms with Crippen LogP contribution >= 0.6 is 0 Å². The van der Waals surface area contributed by atoms with Gasteiger partial charge in [-0.1, -0.05) is 6.07 Å². The number of carbonyl (C=O) groups excluding carboxylic acids is 2. The van der Waals surface area contributed by atoms with Gasteiger partial charge in [-0.05, 0) is 25.5 Å². The summed E-state index contributed by atoms with van der Waals surface area (Å²) in [6.07, 6.45) is 2.03. The SMILES string of the molecule is COc1ccc([C@H]2CCCN2CC(=O)NCCNC(C)=O)c(OC)c1. The largest absolute Gasteiger partial charge is 0.497 e. The summed E-state index contributed by atoms with van der Waals surface area (Å²) >= 11 is 0. The number of amides is 2. The number of hydrogen-bond acceptors (Lipinski definition) is 5. The fourth-order valence-electron chi connectivity index (χ4n) is 3.14. The second-order valence-electron chi connectivity index (χ2n) is 6.07. The summed E-state index contributed by atoms with van der Waals surface area (Å²) in [4.78, 5) is 25.1. The molecule has 1 atom stereocenters. The number of likely N-dealkylation sites (tertiary alicyclic amines) is 1. The standard InChI is InChI=1S/C18H27N3O4/c1-13(22)19-8-9-20-18(23)12-21-10-4-5-16(21)15-7-6-14(24-2)11-17(15)25-3/h6-7,11,16H,4-5,8-10,12H2,1-3H3,(H,19,22)(H,20,23)/t16-/m1/s1. The Morgan fingerprint density at radius 1 is 1.20 bits per heavy atom. The Morgan fingerprint density at radius 2 is 1.96 bits per heavy atom. The third-order valence-electron chi connectivity index (χ3n) is 4.33. The quantitative estimate of drug-likeness (QED) is 0.687.